The van der Waals surface area contributed by atoms with Crippen molar-refractivity contribution in [1.82, 2.24) is 10.3 Å². The highest BCUT2D eigenvalue weighted by Crippen LogP contribution is 2.18. The third-order valence-corrected chi connectivity index (χ3v) is 4.13. The Bertz CT molecular complexity index is 783. The number of aliphatic hydroxyl groups excluding tert-OH is 1. The molecule has 3 aromatic rings. The van der Waals surface area contributed by atoms with Crippen molar-refractivity contribution in [1.29, 1.82) is 0 Å². The molecule has 1 atom stereocenters. The van der Waals surface area contributed by atoms with Crippen LogP contribution in [0.2, 0.25) is 0 Å². The summed E-state index contributed by atoms with van der Waals surface area (Å²) in [5, 5.41) is 14.6. The first-order valence-corrected chi connectivity index (χ1v) is 8.47. The predicted octanol–water partition coefficient (Wildman–Crippen LogP) is 2.75. The molecule has 1 heterocycles. The van der Waals surface area contributed by atoms with E-state index in [1.54, 1.807) is 7.11 Å². The number of hydrogen-bond donors (Lipinski definition) is 3. The molecule has 3 N–H and O–H groups in total. The second-order valence-corrected chi connectivity index (χ2v) is 5.95. The zero-order chi connectivity index (χ0) is 17.5. The molecule has 0 aliphatic carbocycles. The smallest absolute Gasteiger partial charge is 0.119 e. The number of aromatic amines is 1. The predicted molar refractivity (Wildman–Crippen MR) is 99.4 cm³/mol. The molecule has 0 saturated heterocycles. The van der Waals surface area contributed by atoms with E-state index in [0.717, 1.165) is 30.0 Å². The average Bonchev–Trinajstić information content (AvgIpc) is 3.07. The number of fused-ring (bicyclic) bond motifs is 1. The maximum Gasteiger partial charge on any atom is 0.119 e. The number of rotatable bonds is 9. The standard InChI is InChI=1S/C20H24N2O3/c1-24-17-6-8-18(9-7-17)25-14-16(23)13-21-11-10-15-12-22-20-5-3-2-4-19(15)20/h2-9,12,16,21-23H,10-11,13-14H2,1H3. The van der Waals surface area contributed by atoms with Gasteiger partial charge in [0.2, 0.25) is 0 Å². The molecule has 0 aliphatic heterocycles. The van der Waals surface area contributed by atoms with Gasteiger partial charge in [0, 0.05) is 23.6 Å². The van der Waals surface area contributed by atoms with E-state index in [1.165, 1.54) is 10.9 Å². The molecule has 3 rings (SSSR count). The number of aliphatic hydroxyl groups is 1. The number of H-pyrrole nitrogens is 1. The van der Waals surface area contributed by atoms with Crippen LogP contribution in [0, 0.1) is 0 Å². The first-order chi connectivity index (χ1) is 12.3. The number of benzene rings is 2. The van der Waals surface area contributed by atoms with E-state index in [2.05, 4.69) is 28.6 Å². The van der Waals surface area contributed by atoms with Crippen LogP contribution in [0.15, 0.2) is 54.7 Å². The lowest BCUT2D eigenvalue weighted by Gasteiger charge is -2.13. The van der Waals surface area contributed by atoms with Crippen LogP contribution in [0.3, 0.4) is 0 Å². The number of hydrogen-bond acceptors (Lipinski definition) is 4. The lowest BCUT2D eigenvalue weighted by molar-refractivity contribution is 0.106. The van der Waals surface area contributed by atoms with Crippen molar-refractivity contribution in [2.75, 3.05) is 26.8 Å². The average molecular weight is 340 g/mol. The Morgan fingerprint density at radius 1 is 1.08 bits per heavy atom. The SMILES string of the molecule is COc1ccc(OCC(O)CNCCc2c[nH]c3ccccc23)cc1. The summed E-state index contributed by atoms with van der Waals surface area (Å²) in [6.45, 7) is 1.56. The van der Waals surface area contributed by atoms with E-state index in [1.807, 2.05) is 36.4 Å². The summed E-state index contributed by atoms with van der Waals surface area (Å²) in [4.78, 5) is 3.28. The van der Waals surface area contributed by atoms with E-state index in [9.17, 15) is 5.11 Å². The van der Waals surface area contributed by atoms with Gasteiger partial charge in [-0.25, -0.2) is 0 Å². The van der Waals surface area contributed by atoms with Crippen LogP contribution >= 0.6 is 0 Å². The number of nitrogens with one attached hydrogen (secondary N) is 2. The van der Waals surface area contributed by atoms with Crippen LogP contribution in [0.4, 0.5) is 0 Å². The molecule has 0 saturated carbocycles. The van der Waals surface area contributed by atoms with Crippen molar-refractivity contribution in [3.63, 3.8) is 0 Å². The van der Waals surface area contributed by atoms with Gasteiger partial charge in [0.25, 0.3) is 0 Å². The molecular formula is C20H24N2O3. The zero-order valence-corrected chi connectivity index (χ0v) is 14.4. The second-order valence-electron chi connectivity index (χ2n) is 5.95. The Balaban J connectivity index is 1.37. The molecule has 0 radical (unpaired) electrons. The largest absolute Gasteiger partial charge is 0.497 e. The quantitative estimate of drug-likeness (QED) is 0.524. The molecule has 5 heteroatoms. The lowest BCUT2D eigenvalue weighted by Crippen LogP contribution is -2.32. The number of aromatic nitrogens is 1. The van der Waals surface area contributed by atoms with Gasteiger partial charge in [-0.05, 0) is 48.9 Å². The van der Waals surface area contributed by atoms with Crippen molar-refractivity contribution < 1.29 is 14.6 Å². The van der Waals surface area contributed by atoms with Crippen molar-refractivity contribution in [3.8, 4) is 11.5 Å². The van der Waals surface area contributed by atoms with Crippen molar-refractivity contribution >= 4 is 10.9 Å². The normalized spacial score (nSPS) is 12.2. The fourth-order valence-corrected chi connectivity index (χ4v) is 2.75. The highest BCUT2D eigenvalue weighted by atomic mass is 16.5. The molecular weight excluding hydrogens is 316 g/mol. The highest BCUT2D eigenvalue weighted by molar-refractivity contribution is 5.83. The van der Waals surface area contributed by atoms with Gasteiger partial charge in [0.15, 0.2) is 0 Å². The van der Waals surface area contributed by atoms with Crippen LogP contribution in [-0.2, 0) is 6.42 Å². The van der Waals surface area contributed by atoms with Gasteiger partial charge in [-0.2, -0.15) is 0 Å². The summed E-state index contributed by atoms with van der Waals surface area (Å²) in [5.74, 6) is 1.51. The monoisotopic (exact) mass is 340 g/mol. The Morgan fingerprint density at radius 2 is 1.84 bits per heavy atom. The maximum atomic E-state index is 10.0. The topological polar surface area (TPSA) is 66.5 Å². The van der Waals surface area contributed by atoms with Crippen LogP contribution < -0.4 is 14.8 Å². The molecule has 0 aliphatic rings. The lowest BCUT2D eigenvalue weighted by atomic mass is 10.1. The summed E-state index contributed by atoms with van der Waals surface area (Å²) in [7, 11) is 1.63. The minimum Gasteiger partial charge on any atom is -0.497 e. The fraction of sp³-hybridized carbons (Fsp3) is 0.300. The van der Waals surface area contributed by atoms with Crippen LogP contribution in [-0.4, -0.2) is 43.0 Å². The molecule has 0 amide bonds. The van der Waals surface area contributed by atoms with Gasteiger partial charge in [0.1, 0.15) is 24.2 Å². The first-order valence-electron chi connectivity index (χ1n) is 8.47. The first kappa shape index (κ1) is 17.3. The summed E-state index contributed by atoms with van der Waals surface area (Å²) < 4.78 is 10.7. The Morgan fingerprint density at radius 3 is 2.64 bits per heavy atom. The van der Waals surface area contributed by atoms with Gasteiger partial charge < -0.3 is 24.9 Å². The van der Waals surface area contributed by atoms with Crippen molar-refractivity contribution in [3.05, 3.63) is 60.3 Å². The van der Waals surface area contributed by atoms with Crippen LogP contribution in [0.1, 0.15) is 5.56 Å². The van der Waals surface area contributed by atoms with Gasteiger partial charge in [0.05, 0.1) is 7.11 Å². The third-order valence-electron chi connectivity index (χ3n) is 4.13. The van der Waals surface area contributed by atoms with Crippen molar-refractivity contribution in [2.24, 2.45) is 0 Å². The molecule has 1 unspecified atom stereocenters. The minimum absolute atomic E-state index is 0.256. The minimum atomic E-state index is -0.551. The molecule has 2 aromatic carbocycles. The number of ether oxygens (including phenoxy) is 2. The molecule has 0 fully saturated rings. The molecule has 132 valence electrons. The van der Waals surface area contributed by atoms with Crippen LogP contribution in [0.25, 0.3) is 10.9 Å². The number of para-hydroxylation sites is 1. The van der Waals surface area contributed by atoms with E-state index in [0.29, 0.717) is 6.54 Å². The summed E-state index contributed by atoms with van der Waals surface area (Å²) in [5.41, 5.74) is 2.44. The highest BCUT2D eigenvalue weighted by Gasteiger charge is 2.06. The molecule has 1 aromatic heterocycles. The molecule has 5 nitrogen and oxygen atoms in total. The number of methoxy groups -OCH3 is 1. The van der Waals surface area contributed by atoms with Gasteiger partial charge in [-0.15, -0.1) is 0 Å². The van der Waals surface area contributed by atoms with E-state index >= 15 is 0 Å². The third kappa shape index (κ3) is 4.75. The van der Waals surface area contributed by atoms with E-state index in [4.69, 9.17) is 9.47 Å². The second kappa shape index (κ2) is 8.55. The Labute approximate surface area is 147 Å². The van der Waals surface area contributed by atoms with E-state index < -0.39 is 6.10 Å². The van der Waals surface area contributed by atoms with Gasteiger partial charge in [-0.1, -0.05) is 18.2 Å². The van der Waals surface area contributed by atoms with Gasteiger partial charge in [-0.3, -0.25) is 0 Å². The fourth-order valence-electron chi connectivity index (χ4n) is 2.75. The zero-order valence-electron chi connectivity index (χ0n) is 14.4. The molecule has 0 spiro atoms. The molecule has 25 heavy (non-hydrogen) atoms. The maximum absolute atomic E-state index is 10.0. The van der Waals surface area contributed by atoms with Crippen LogP contribution in [0.5, 0.6) is 11.5 Å². The summed E-state index contributed by atoms with van der Waals surface area (Å²) in [6, 6.07) is 15.6. The van der Waals surface area contributed by atoms with Crippen molar-refractivity contribution in [2.45, 2.75) is 12.5 Å². The van der Waals surface area contributed by atoms with Gasteiger partial charge >= 0.3 is 0 Å². The Kier molecular flexibility index (Phi) is 5.93. The Hall–Kier alpha value is -2.50. The van der Waals surface area contributed by atoms with E-state index in [-0.39, 0.29) is 6.61 Å². The summed E-state index contributed by atoms with van der Waals surface area (Å²) in [6.07, 6.45) is 2.41. The summed E-state index contributed by atoms with van der Waals surface area (Å²) >= 11 is 0. The molecule has 0 bridgehead atoms.